The highest BCUT2D eigenvalue weighted by molar-refractivity contribution is 6.33. The maximum Gasteiger partial charge on any atom is 0.147 e. The zero-order chi connectivity index (χ0) is 17.9. The van der Waals surface area contributed by atoms with Gasteiger partial charge in [0.25, 0.3) is 0 Å². The molecule has 0 bridgehead atoms. The average Bonchev–Trinajstić information content (AvgIpc) is 2.69. The molecule has 0 saturated carbocycles. The summed E-state index contributed by atoms with van der Waals surface area (Å²) < 4.78 is 0. The number of anilines is 1. The molecule has 0 saturated heterocycles. The Morgan fingerprint density at radius 2 is 1.77 bits per heavy atom. The molecule has 4 rings (SSSR count). The van der Waals surface area contributed by atoms with Gasteiger partial charge in [-0.1, -0.05) is 48.0 Å². The summed E-state index contributed by atoms with van der Waals surface area (Å²) in [5.74, 6) is 0.150. The van der Waals surface area contributed by atoms with Crippen LogP contribution in [0.25, 0.3) is 10.9 Å². The van der Waals surface area contributed by atoms with E-state index in [4.69, 9.17) is 11.6 Å². The Morgan fingerprint density at radius 3 is 2.58 bits per heavy atom. The van der Waals surface area contributed by atoms with Gasteiger partial charge in [0, 0.05) is 29.5 Å². The number of nitrogens with zero attached hydrogens (tertiary/aromatic N) is 2. The first-order valence-corrected chi connectivity index (χ1v) is 8.59. The van der Waals surface area contributed by atoms with Crippen LogP contribution in [0, 0.1) is 0 Å². The van der Waals surface area contributed by atoms with Crippen molar-refractivity contribution in [2.45, 2.75) is 6.04 Å². The van der Waals surface area contributed by atoms with Crippen molar-refractivity contribution in [1.82, 2.24) is 9.97 Å². The first kappa shape index (κ1) is 16.4. The number of halogens is 1. The van der Waals surface area contributed by atoms with Gasteiger partial charge in [-0.25, -0.2) is 0 Å². The maximum atomic E-state index is 10.9. The summed E-state index contributed by atoms with van der Waals surface area (Å²) in [7, 11) is 0. The van der Waals surface area contributed by atoms with Crippen molar-refractivity contribution < 1.29 is 5.11 Å². The van der Waals surface area contributed by atoms with Gasteiger partial charge in [0.15, 0.2) is 0 Å². The normalized spacial score (nSPS) is 12.0. The Labute approximate surface area is 156 Å². The van der Waals surface area contributed by atoms with Crippen molar-refractivity contribution in [1.29, 1.82) is 0 Å². The molecule has 4 aromatic rings. The highest BCUT2D eigenvalue weighted by Crippen LogP contribution is 2.37. The van der Waals surface area contributed by atoms with Crippen LogP contribution in [0.5, 0.6) is 5.75 Å². The van der Waals surface area contributed by atoms with Crippen molar-refractivity contribution in [3.63, 3.8) is 0 Å². The Hall–Kier alpha value is -3.11. The molecule has 4 nitrogen and oxygen atoms in total. The molecule has 0 radical (unpaired) electrons. The number of aromatic hydroxyl groups is 1. The number of phenolic OH excluding ortho intramolecular Hbond substituents is 1. The molecule has 128 valence electrons. The molecule has 2 heterocycles. The Bertz CT molecular complexity index is 1050. The van der Waals surface area contributed by atoms with Gasteiger partial charge in [0.1, 0.15) is 11.3 Å². The third kappa shape index (κ3) is 3.07. The fraction of sp³-hybridized carbons (Fsp3) is 0.0476. The molecular weight excluding hydrogens is 346 g/mol. The molecule has 5 heteroatoms. The molecule has 0 amide bonds. The SMILES string of the molecule is Oc1c([C@H](Nc2ccccc2Cl)c2cccnc2)ccc2cccnc12. The van der Waals surface area contributed by atoms with Crippen molar-refractivity contribution >= 4 is 28.2 Å². The van der Waals surface area contributed by atoms with Crippen molar-refractivity contribution in [2.24, 2.45) is 0 Å². The van der Waals surface area contributed by atoms with Crippen molar-refractivity contribution in [3.05, 3.63) is 95.4 Å². The third-order valence-electron chi connectivity index (χ3n) is 4.28. The van der Waals surface area contributed by atoms with Gasteiger partial charge >= 0.3 is 0 Å². The molecule has 2 N–H and O–H groups in total. The van der Waals surface area contributed by atoms with Gasteiger partial charge in [-0.15, -0.1) is 0 Å². The minimum atomic E-state index is -0.324. The molecule has 0 aliphatic heterocycles. The monoisotopic (exact) mass is 361 g/mol. The lowest BCUT2D eigenvalue weighted by atomic mass is 9.97. The van der Waals surface area contributed by atoms with E-state index in [0.717, 1.165) is 16.6 Å². The van der Waals surface area contributed by atoms with E-state index in [1.165, 1.54) is 0 Å². The van der Waals surface area contributed by atoms with Gasteiger partial charge in [0.2, 0.25) is 0 Å². The quantitative estimate of drug-likeness (QED) is 0.525. The Kier molecular flexibility index (Phi) is 4.42. The highest BCUT2D eigenvalue weighted by Gasteiger charge is 2.20. The summed E-state index contributed by atoms with van der Waals surface area (Å²) in [6.07, 6.45) is 5.17. The molecule has 0 aliphatic carbocycles. The van der Waals surface area contributed by atoms with Crippen LogP contribution in [0.4, 0.5) is 5.69 Å². The summed E-state index contributed by atoms with van der Waals surface area (Å²) >= 11 is 6.33. The van der Waals surface area contributed by atoms with E-state index in [1.807, 2.05) is 60.7 Å². The van der Waals surface area contributed by atoms with Crippen LogP contribution in [0.15, 0.2) is 79.3 Å². The maximum absolute atomic E-state index is 10.9. The molecule has 2 aromatic carbocycles. The second-order valence-corrected chi connectivity index (χ2v) is 6.33. The lowest BCUT2D eigenvalue weighted by molar-refractivity contribution is 0.471. The zero-order valence-corrected chi connectivity index (χ0v) is 14.6. The lowest BCUT2D eigenvalue weighted by Crippen LogP contribution is -2.13. The number of benzene rings is 2. The fourth-order valence-electron chi connectivity index (χ4n) is 3.00. The number of para-hydroxylation sites is 1. The van der Waals surface area contributed by atoms with Crippen LogP contribution in [-0.2, 0) is 0 Å². The number of phenols is 1. The molecule has 0 spiro atoms. The summed E-state index contributed by atoms with van der Waals surface area (Å²) in [6, 6.07) is 18.7. The van der Waals surface area contributed by atoms with Crippen LogP contribution in [0.1, 0.15) is 17.2 Å². The number of nitrogens with one attached hydrogen (secondary N) is 1. The molecule has 26 heavy (non-hydrogen) atoms. The van der Waals surface area contributed by atoms with E-state index in [9.17, 15) is 5.11 Å². The standard InChI is InChI=1S/C21H16ClN3O/c22-17-7-1-2-8-18(17)25-19(15-6-3-11-23-13-15)16-10-9-14-5-4-12-24-20(14)21(16)26/h1-13,19,25-26H/t19-/m1/s1. The number of pyridine rings is 2. The third-order valence-corrected chi connectivity index (χ3v) is 4.61. The molecule has 0 unspecified atom stereocenters. The zero-order valence-electron chi connectivity index (χ0n) is 13.8. The van der Waals surface area contributed by atoms with E-state index in [-0.39, 0.29) is 11.8 Å². The molecule has 0 fully saturated rings. The van der Waals surface area contributed by atoms with Crippen LogP contribution < -0.4 is 5.32 Å². The summed E-state index contributed by atoms with van der Waals surface area (Å²) in [6.45, 7) is 0. The van der Waals surface area contributed by atoms with E-state index >= 15 is 0 Å². The van der Waals surface area contributed by atoms with Gasteiger partial charge in [-0.3, -0.25) is 9.97 Å². The van der Waals surface area contributed by atoms with Gasteiger partial charge in [-0.05, 0) is 29.8 Å². The fourth-order valence-corrected chi connectivity index (χ4v) is 3.19. The number of rotatable bonds is 4. The smallest absolute Gasteiger partial charge is 0.147 e. The van der Waals surface area contributed by atoms with Crippen LogP contribution >= 0.6 is 11.6 Å². The number of hydrogen-bond acceptors (Lipinski definition) is 4. The lowest BCUT2D eigenvalue weighted by Gasteiger charge is -2.22. The van der Waals surface area contributed by atoms with Gasteiger partial charge in [0.05, 0.1) is 16.8 Å². The average molecular weight is 362 g/mol. The second-order valence-electron chi connectivity index (χ2n) is 5.92. The molecular formula is C21H16ClN3O. The first-order chi connectivity index (χ1) is 12.7. The summed E-state index contributed by atoms with van der Waals surface area (Å²) in [5.41, 5.74) is 2.98. The molecule has 0 aliphatic rings. The van der Waals surface area contributed by atoms with E-state index < -0.39 is 0 Å². The number of fused-ring (bicyclic) bond motifs is 1. The van der Waals surface area contributed by atoms with Gasteiger partial charge < -0.3 is 10.4 Å². The number of aromatic nitrogens is 2. The highest BCUT2D eigenvalue weighted by atomic mass is 35.5. The van der Waals surface area contributed by atoms with Crippen molar-refractivity contribution in [3.8, 4) is 5.75 Å². The topological polar surface area (TPSA) is 58.0 Å². The first-order valence-electron chi connectivity index (χ1n) is 8.21. The van der Waals surface area contributed by atoms with Crippen LogP contribution in [0.3, 0.4) is 0 Å². The largest absolute Gasteiger partial charge is 0.505 e. The molecule has 1 atom stereocenters. The predicted molar refractivity (Wildman–Crippen MR) is 105 cm³/mol. The van der Waals surface area contributed by atoms with E-state index in [2.05, 4.69) is 15.3 Å². The minimum Gasteiger partial charge on any atom is -0.505 e. The van der Waals surface area contributed by atoms with Crippen LogP contribution in [-0.4, -0.2) is 15.1 Å². The molecule has 2 aromatic heterocycles. The van der Waals surface area contributed by atoms with Crippen LogP contribution in [0.2, 0.25) is 5.02 Å². The summed E-state index contributed by atoms with van der Waals surface area (Å²) in [4.78, 5) is 8.54. The van der Waals surface area contributed by atoms with Crippen molar-refractivity contribution in [2.75, 3.05) is 5.32 Å². The van der Waals surface area contributed by atoms with E-state index in [1.54, 1.807) is 18.6 Å². The minimum absolute atomic E-state index is 0.150. The Morgan fingerprint density at radius 1 is 0.923 bits per heavy atom. The second kappa shape index (κ2) is 7.02. The summed E-state index contributed by atoms with van der Waals surface area (Å²) in [5, 5.41) is 15.8. The predicted octanol–water partition coefficient (Wildman–Crippen LogP) is 5.19. The van der Waals surface area contributed by atoms with E-state index in [0.29, 0.717) is 16.1 Å². The number of hydrogen-bond donors (Lipinski definition) is 2. The Balaban J connectivity index is 1.86. The van der Waals surface area contributed by atoms with Gasteiger partial charge in [-0.2, -0.15) is 0 Å².